The van der Waals surface area contributed by atoms with Gasteiger partial charge in [0.05, 0.1) is 50.5 Å². The fourth-order valence-electron chi connectivity index (χ4n) is 5.30. The van der Waals surface area contributed by atoms with Crippen LogP contribution in [0.3, 0.4) is 0 Å². The minimum Gasteiger partial charge on any atom is -0.468 e. The molecular formula is C32H35IN8O5. The quantitative estimate of drug-likeness (QED) is 0.0839. The number of carbonyl (C=O) groups is 3. The molecule has 1 aliphatic heterocycles. The van der Waals surface area contributed by atoms with Crippen LogP contribution in [0.2, 0.25) is 0 Å². The molecule has 6 aromatic rings. The molecule has 0 radical (unpaired) electrons. The van der Waals surface area contributed by atoms with Gasteiger partial charge in [-0.2, -0.15) is 0 Å². The molecule has 240 valence electrons. The van der Waals surface area contributed by atoms with E-state index in [0.717, 1.165) is 44.3 Å². The predicted octanol–water partition coefficient (Wildman–Crippen LogP) is 3.72. The van der Waals surface area contributed by atoms with E-state index in [1.54, 1.807) is 12.5 Å². The molecule has 0 bridgehead atoms. The van der Waals surface area contributed by atoms with Gasteiger partial charge in [-0.15, -0.1) is 24.0 Å². The van der Waals surface area contributed by atoms with Crippen molar-refractivity contribution in [3.05, 3.63) is 108 Å². The van der Waals surface area contributed by atoms with Gasteiger partial charge in [-0.1, -0.05) is 36.4 Å². The zero-order chi connectivity index (χ0) is 31.8. The smallest absolute Gasteiger partial charge is 0.323 e. The number of rotatable bonds is 6. The molecule has 1 aliphatic rings. The van der Waals surface area contributed by atoms with E-state index in [9.17, 15) is 14.4 Å². The van der Waals surface area contributed by atoms with E-state index in [0.29, 0.717) is 24.8 Å². The van der Waals surface area contributed by atoms with Gasteiger partial charge >= 0.3 is 11.9 Å². The Bertz CT molecular complexity index is 1870. The number of halogens is 1. The number of para-hydroxylation sites is 2. The monoisotopic (exact) mass is 738 g/mol. The summed E-state index contributed by atoms with van der Waals surface area (Å²) in [6, 6.07) is 14.9. The van der Waals surface area contributed by atoms with E-state index in [2.05, 4.69) is 46.0 Å². The largest absolute Gasteiger partial charge is 0.468 e. The third-order valence-corrected chi connectivity index (χ3v) is 7.49. The Morgan fingerprint density at radius 2 is 1.65 bits per heavy atom. The predicted molar refractivity (Wildman–Crippen MR) is 183 cm³/mol. The number of carbonyl (C=O) groups excluding carboxylic acids is 3. The number of fused-ring (bicyclic) bond motifs is 4. The number of H-pyrrole nitrogens is 4. The van der Waals surface area contributed by atoms with Crippen LogP contribution >= 0.6 is 24.0 Å². The van der Waals surface area contributed by atoms with E-state index in [1.807, 2.05) is 48.7 Å². The third-order valence-electron chi connectivity index (χ3n) is 7.49. The number of aromatic amines is 4. The van der Waals surface area contributed by atoms with Gasteiger partial charge in [-0.05, 0) is 23.3 Å². The van der Waals surface area contributed by atoms with E-state index in [-0.39, 0.29) is 48.0 Å². The Morgan fingerprint density at radius 3 is 2.28 bits per heavy atom. The van der Waals surface area contributed by atoms with Crippen molar-refractivity contribution in [3.63, 3.8) is 0 Å². The van der Waals surface area contributed by atoms with E-state index in [4.69, 9.17) is 10.5 Å². The Balaban J connectivity index is 0.000000175. The first-order chi connectivity index (χ1) is 21.9. The molecule has 0 fully saturated rings. The van der Waals surface area contributed by atoms with Crippen LogP contribution in [0.5, 0.6) is 0 Å². The first-order valence-electron chi connectivity index (χ1n) is 14.2. The lowest BCUT2D eigenvalue weighted by Gasteiger charge is -2.29. The maximum atomic E-state index is 12.0. The van der Waals surface area contributed by atoms with Crippen LogP contribution in [0.4, 0.5) is 0 Å². The van der Waals surface area contributed by atoms with Crippen LogP contribution in [0.15, 0.2) is 79.8 Å². The fourth-order valence-corrected chi connectivity index (χ4v) is 5.30. The van der Waals surface area contributed by atoms with Gasteiger partial charge in [0.1, 0.15) is 12.1 Å². The van der Waals surface area contributed by atoms with Gasteiger partial charge in [0, 0.05) is 52.7 Å². The molecule has 4 aromatic heterocycles. The number of hydrogen-bond acceptors (Lipinski definition) is 9. The molecule has 0 spiro atoms. The van der Waals surface area contributed by atoms with Crippen LogP contribution in [0.25, 0.3) is 21.8 Å². The van der Waals surface area contributed by atoms with Crippen LogP contribution in [-0.2, 0) is 31.9 Å². The number of nitrogens with one attached hydrogen (secondary N) is 5. The van der Waals surface area contributed by atoms with Crippen molar-refractivity contribution in [2.45, 2.75) is 31.0 Å². The van der Waals surface area contributed by atoms with Crippen LogP contribution in [0.1, 0.15) is 39.0 Å². The third kappa shape index (κ3) is 7.70. The average Bonchev–Trinajstić information content (AvgIpc) is 3.91. The topological polar surface area (TPSA) is 197 Å². The summed E-state index contributed by atoms with van der Waals surface area (Å²) in [5.41, 5.74) is 12.5. The molecular weight excluding hydrogens is 703 g/mol. The highest BCUT2D eigenvalue weighted by molar-refractivity contribution is 14.0. The van der Waals surface area contributed by atoms with Gasteiger partial charge in [0.25, 0.3) is 0 Å². The minimum atomic E-state index is -0.607. The molecule has 1 unspecified atom stereocenters. The first kappa shape index (κ1) is 34.1. The summed E-state index contributed by atoms with van der Waals surface area (Å²) in [4.78, 5) is 53.1. The van der Waals surface area contributed by atoms with Crippen LogP contribution in [0, 0.1) is 0 Å². The molecule has 2 aromatic carbocycles. The average molecular weight is 739 g/mol. The highest BCUT2D eigenvalue weighted by Gasteiger charge is 2.35. The number of esters is 2. The second-order valence-corrected chi connectivity index (χ2v) is 10.3. The normalized spacial score (nSPS) is 15.6. The number of imidazole rings is 2. The molecule has 0 saturated carbocycles. The summed E-state index contributed by atoms with van der Waals surface area (Å²) in [5, 5.41) is 5.60. The van der Waals surface area contributed by atoms with Crippen molar-refractivity contribution in [3.8, 4) is 0 Å². The molecule has 14 heteroatoms. The summed E-state index contributed by atoms with van der Waals surface area (Å²) in [5.74, 6) is -0.634. The minimum absolute atomic E-state index is 0. The Kier molecular flexibility index (Phi) is 11.8. The molecule has 5 heterocycles. The number of nitrogens with two attached hydrogens (primary N) is 1. The van der Waals surface area contributed by atoms with Gasteiger partial charge in [-0.3, -0.25) is 19.7 Å². The number of benzene rings is 2. The fraction of sp³-hybridized carbons (Fsp3) is 0.219. The van der Waals surface area contributed by atoms with Gasteiger partial charge < -0.3 is 35.1 Å². The second-order valence-electron chi connectivity index (χ2n) is 10.3. The number of aromatic nitrogens is 6. The van der Waals surface area contributed by atoms with Crippen molar-refractivity contribution in [1.29, 1.82) is 0 Å². The molecule has 0 saturated heterocycles. The number of ether oxygens (including phenoxy) is 2. The maximum absolute atomic E-state index is 12.0. The van der Waals surface area contributed by atoms with E-state index < -0.39 is 6.04 Å². The van der Waals surface area contributed by atoms with Crippen molar-refractivity contribution in [1.82, 2.24) is 35.2 Å². The summed E-state index contributed by atoms with van der Waals surface area (Å²) >= 11 is 0. The van der Waals surface area contributed by atoms with Crippen molar-refractivity contribution < 1.29 is 23.9 Å². The van der Waals surface area contributed by atoms with E-state index in [1.165, 1.54) is 26.7 Å². The highest BCUT2D eigenvalue weighted by atomic mass is 127. The Hall–Kier alpha value is -4.80. The number of hydrogen-bond donors (Lipinski definition) is 6. The lowest BCUT2D eigenvalue weighted by atomic mass is 9.92. The SMILES string of the molecule is COC(=O)[C@@H](N)Cc1c[nH]c2ccccc12.COC(=O)[C@@H]1Cc2c([nH]c3ccccc23)C(c2cnc[nH]2)N1.I.O=Cc1cnc[nH]1. The zero-order valence-electron chi connectivity index (χ0n) is 25.2. The van der Waals surface area contributed by atoms with Gasteiger partial charge in [0.2, 0.25) is 0 Å². The second kappa shape index (κ2) is 16.0. The Morgan fingerprint density at radius 1 is 0.957 bits per heavy atom. The van der Waals surface area contributed by atoms with Crippen molar-refractivity contribution in [2.24, 2.45) is 5.73 Å². The zero-order valence-corrected chi connectivity index (χ0v) is 27.5. The first-order valence-corrected chi connectivity index (χ1v) is 14.2. The highest BCUT2D eigenvalue weighted by Crippen LogP contribution is 2.34. The standard InChI is InChI=1S/C16H16N4O2.C12H14N2O2.C4H4N2O.HI/c1-22-16(21)12-6-10-9-4-2-3-5-11(9)19-14(10)15(20-12)13-7-17-8-18-13;1-16-12(15)10(13)6-8-7-14-11-5-3-2-4-9(8)11;7-2-4-1-5-3-6-4;/h2-5,7-8,12,15,19-20H,6H2,1H3,(H,17,18);2-5,7,10,14H,6,13H2,1H3;1-3H,(H,5,6);1H/t12-,15?;10-;;/m00../s1. The van der Waals surface area contributed by atoms with Crippen LogP contribution < -0.4 is 11.1 Å². The molecule has 46 heavy (non-hydrogen) atoms. The molecule has 0 aliphatic carbocycles. The Labute approximate surface area is 281 Å². The summed E-state index contributed by atoms with van der Waals surface area (Å²) in [6.45, 7) is 0. The summed E-state index contributed by atoms with van der Waals surface area (Å²) < 4.78 is 9.52. The molecule has 3 atom stereocenters. The van der Waals surface area contributed by atoms with Gasteiger partial charge in [0.15, 0.2) is 6.29 Å². The number of methoxy groups -OCH3 is 2. The summed E-state index contributed by atoms with van der Waals surface area (Å²) in [7, 11) is 2.76. The van der Waals surface area contributed by atoms with Crippen molar-refractivity contribution in [2.75, 3.05) is 14.2 Å². The molecule has 0 amide bonds. The molecule has 7 rings (SSSR count). The number of nitrogens with zero attached hydrogens (tertiary/aromatic N) is 2. The molecule has 13 nitrogen and oxygen atoms in total. The van der Waals surface area contributed by atoms with Gasteiger partial charge in [-0.25, -0.2) is 9.97 Å². The summed E-state index contributed by atoms with van der Waals surface area (Å²) in [6.07, 6.45) is 10.0. The van der Waals surface area contributed by atoms with Crippen molar-refractivity contribution >= 4 is 64.0 Å². The number of aldehydes is 1. The lowest BCUT2D eigenvalue weighted by Crippen LogP contribution is -2.45. The lowest BCUT2D eigenvalue weighted by molar-refractivity contribution is -0.143. The molecule has 7 N–H and O–H groups in total. The van der Waals surface area contributed by atoms with Crippen LogP contribution in [-0.4, -0.2) is 74.4 Å². The maximum Gasteiger partial charge on any atom is 0.323 e. The van der Waals surface area contributed by atoms with E-state index >= 15 is 0 Å².